The molecule has 22 heavy (non-hydrogen) atoms. The van der Waals surface area contributed by atoms with Crippen molar-refractivity contribution in [3.63, 3.8) is 0 Å². The molecule has 1 aliphatic rings. The number of hydrogen-bond donors (Lipinski definition) is 2. The fourth-order valence-electron chi connectivity index (χ4n) is 3.04. The van der Waals surface area contributed by atoms with Gasteiger partial charge in [-0.25, -0.2) is 0 Å². The highest BCUT2D eigenvalue weighted by Crippen LogP contribution is 2.33. The predicted octanol–water partition coefficient (Wildman–Crippen LogP) is 2.79. The molecule has 0 saturated carbocycles. The second kappa shape index (κ2) is 7.68. The van der Waals surface area contributed by atoms with Gasteiger partial charge in [0.2, 0.25) is 0 Å². The molecule has 1 aliphatic heterocycles. The highest BCUT2D eigenvalue weighted by molar-refractivity contribution is 5.79. The Morgan fingerprint density at radius 1 is 1.36 bits per heavy atom. The molecule has 5 nitrogen and oxygen atoms in total. The molecule has 1 aromatic heterocycles. The zero-order chi connectivity index (χ0) is 16.0. The van der Waals surface area contributed by atoms with Crippen molar-refractivity contribution in [2.75, 3.05) is 20.2 Å². The molecule has 2 heterocycles. The largest absolute Gasteiger partial charge is 0.467 e. The minimum absolute atomic E-state index is 0.165. The van der Waals surface area contributed by atoms with Gasteiger partial charge in [0.05, 0.1) is 18.9 Å². The van der Waals surface area contributed by atoms with Gasteiger partial charge in [-0.3, -0.25) is 4.99 Å². The van der Waals surface area contributed by atoms with Gasteiger partial charge in [-0.05, 0) is 30.4 Å². The van der Waals surface area contributed by atoms with E-state index in [1.807, 2.05) is 12.1 Å². The van der Waals surface area contributed by atoms with Crippen LogP contribution in [-0.4, -0.2) is 32.3 Å². The van der Waals surface area contributed by atoms with Gasteiger partial charge in [0.15, 0.2) is 5.96 Å². The van der Waals surface area contributed by atoms with Gasteiger partial charge in [0.25, 0.3) is 0 Å². The first-order valence-corrected chi connectivity index (χ1v) is 8.09. The molecule has 0 aliphatic carbocycles. The topological polar surface area (TPSA) is 58.8 Å². The lowest BCUT2D eigenvalue weighted by Crippen LogP contribution is -2.47. The molecule has 0 amide bonds. The van der Waals surface area contributed by atoms with Crippen LogP contribution in [0.1, 0.15) is 39.4 Å². The van der Waals surface area contributed by atoms with E-state index in [-0.39, 0.29) is 11.5 Å². The predicted molar refractivity (Wildman–Crippen MR) is 88.8 cm³/mol. The molecule has 124 valence electrons. The smallest absolute Gasteiger partial charge is 0.191 e. The summed E-state index contributed by atoms with van der Waals surface area (Å²) < 4.78 is 11.3. The van der Waals surface area contributed by atoms with Crippen LogP contribution in [0.2, 0.25) is 0 Å². The third kappa shape index (κ3) is 4.77. The van der Waals surface area contributed by atoms with Crippen LogP contribution in [0.4, 0.5) is 0 Å². The Balaban J connectivity index is 1.83. The van der Waals surface area contributed by atoms with Crippen molar-refractivity contribution >= 4 is 5.96 Å². The van der Waals surface area contributed by atoms with Crippen molar-refractivity contribution in [1.82, 2.24) is 10.6 Å². The van der Waals surface area contributed by atoms with Crippen LogP contribution < -0.4 is 10.6 Å². The Labute approximate surface area is 133 Å². The van der Waals surface area contributed by atoms with Crippen LogP contribution in [0.5, 0.6) is 0 Å². The second-order valence-electron chi connectivity index (χ2n) is 6.95. The van der Waals surface area contributed by atoms with E-state index in [4.69, 9.17) is 9.15 Å². The fourth-order valence-corrected chi connectivity index (χ4v) is 3.04. The van der Waals surface area contributed by atoms with E-state index in [0.717, 1.165) is 31.3 Å². The van der Waals surface area contributed by atoms with E-state index in [9.17, 15) is 0 Å². The van der Waals surface area contributed by atoms with Crippen molar-refractivity contribution in [3.05, 3.63) is 24.2 Å². The molecule has 0 bridgehead atoms. The van der Waals surface area contributed by atoms with E-state index in [0.29, 0.717) is 12.5 Å². The van der Waals surface area contributed by atoms with E-state index >= 15 is 0 Å². The summed E-state index contributed by atoms with van der Waals surface area (Å²) in [6, 6.07) is 3.84. The molecule has 0 aromatic carbocycles. The van der Waals surface area contributed by atoms with Gasteiger partial charge in [0, 0.05) is 26.1 Å². The Morgan fingerprint density at radius 2 is 2.18 bits per heavy atom. The lowest BCUT2D eigenvalue weighted by molar-refractivity contribution is -0.0835. The molecule has 0 spiro atoms. The third-order valence-corrected chi connectivity index (χ3v) is 4.06. The maximum Gasteiger partial charge on any atom is 0.191 e. The summed E-state index contributed by atoms with van der Waals surface area (Å²) in [5.41, 5.74) is 0.165. The molecule has 2 atom stereocenters. The average Bonchev–Trinajstić information content (AvgIpc) is 3.00. The minimum Gasteiger partial charge on any atom is -0.467 e. The summed E-state index contributed by atoms with van der Waals surface area (Å²) in [6.45, 7) is 9.14. The lowest BCUT2D eigenvalue weighted by atomic mass is 9.78. The normalized spacial score (nSPS) is 23.4. The Morgan fingerprint density at radius 3 is 2.82 bits per heavy atom. The van der Waals surface area contributed by atoms with Crippen molar-refractivity contribution < 1.29 is 9.15 Å². The lowest BCUT2D eigenvalue weighted by Gasteiger charge is -2.40. The van der Waals surface area contributed by atoms with Gasteiger partial charge in [-0.15, -0.1) is 0 Å². The number of nitrogens with one attached hydrogen (secondary N) is 2. The Bertz CT molecular complexity index is 463. The highest BCUT2D eigenvalue weighted by atomic mass is 16.5. The first kappa shape index (κ1) is 16.9. The van der Waals surface area contributed by atoms with Crippen molar-refractivity contribution in [2.45, 2.75) is 46.3 Å². The molecular formula is C17H29N3O2. The number of furan rings is 1. The number of aliphatic imine (C=N–C) groups is 1. The molecule has 2 rings (SSSR count). The van der Waals surface area contributed by atoms with Crippen LogP contribution >= 0.6 is 0 Å². The monoisotopic (exact) mass is 307 g/mol. The number of guanidine groups is 1. The minimum atomic E-state index is 0.165. The van der Waals surface area contributed by atoms with E-state index in [1.54, 1.807) is 13.3 Å². The van der Waals surface area contributed by atoms with Crippen LogP contribution in [0, 0.1) is 11.3 Å². The summed E-state index contributed by atoms with van der Waals surface area (Å²) >= 11 is 0. The van der Waals surface area contributed by atoms with Gasteiger partial charge >= 0.3 is 0 Å². The Hall–Kier alpha value is -1.49. The third-order valence-electron chi connectivity index (χ3n) is 4.06. The van der Waals surface area contributed by atoms with Gasteiger partial charge in [-0.2, -0.15) is 0 Å². The van der Waals surface area contributed by atoms with Gasteiger partial charge < -0.3 is 19.8 Å². The molecular weight excluding hydrogens is 278 g/mol. The van der Waals surface area contributed by atoms with Crippen molar-refractivity contribution in [3.8, 4) is 0 Å². The SMILES string of the molecule is CN=C(NCc1ccco1)NCC1CCCOC1C(C)(C)C. The number of rotatable bonds is 4. The maximum atomic E-state index is 6.02. The summed E-state index contributed by atoms with van der Waals surface area (Å²) in [5, 5.41) is 6.69. The number of hydrogen-bond acceptors (Lipinski definition) is 3. The standard InChI is InChI=1S/C17H29N3O2/c1-17(2,3)15-13(7-5-10-22-15)11-19-16(18-4)20-12-14-8-6-9-21-14/h6,8-9,13,15H,5,7,10-12H2,1-4H3,(H2,18,19,20). The summed E-state index contributed by atoms with van der Waals surface area (Å²) in [4.78, 5) is 4.27. The summed E-state index contributed by atoms with van der Waals surface area (Å²) in [6.07, 6.45) is 4.30. The second-order valence-corrected chi connectivity index (χ2v) is 6.95. The van der Waals surface area contributed by atoms with Crippen LogP contribution in [0.15, 0.2) is 27.8 Å². The number of nitrogens with zero attached hydrogens (tertiary/aromatic N) is 1. The van der Waals surface area contributed by atoms with Gasteiger partial charge in [-0.1, -0.05) is 20.8 Å². The van der Waals surface area contributed by atoms with Crippen molar-refractivity contribution in [1.29, 1.82) is 0 Å². The molecule has 1 aromatic rings. The molecule has 2 N–H and O–H groups in total. The average molecular weight is 307 g/mol. The van der Waals surface area contributed by atoms with Gasteiger partial charge in [0.1, 0.15) is 5.76 Å². The number of ether oxygens (including phenoxy) is 1. The van der Waals surface area contributed by atoms with Crippen LogP contribution in [0.3, 0.4) is 0 Å². The molecule has 5 heteroatoms. The van der Waals surface area contributed by atoms with E-state index in [1.165, 1.54) is 6.42 Å². The molecule has 1 fully saturated rings. The maximum absolute atomic E-state index is 6.02. The van der Waals surface area contributed by atoms with Crippen LogP contribution in [-0.2, 0) is 11.3 Å². The van der Waals surface area contributed by atoms with E-state index in [2.05, 4.69) is 36.4 Å². The summed E-state index contributed by atoms with van der Waals surface area (Å²) in [7, 11) is 1.79. The molecule has 0 radical (unpaired) electrons. The summed E-state index contributed by atoms with van der Waals surface area (Å²) in [5.74, 6) is 2.21. The van der Waals surface area contributed by atoms with Crippen LogP contribution in [0.25, 0.3) is 0 Å². The molecule has 2 unspecified atom stereocenters. The molecule has 1 saturated heterocycles. The first-order chi connectivity index (χ1) is 10.5. The van der Waals surface area contributed by atoms with Crippen molar-refractivity contribution in [2.24, 2.45) is 16.3 Å². The van der Waals surface area contributed by atoms with E-state index < -0.39 is 0 Å². The zero-order valence-corrected chi connectivity index (χ0v) is 14.2. The first-order valence-electron chi connectivity index (χ1n) is 8.09. The highest BCUT2D eigenvalue weighted by Gasteiger charge is 2.35. The fraction of sp³-hybridized carbons (Fsp3) is 0.706. The quantitative estimate of drug-likeness (QED) is 0.663. The zero-order valence-electron chi connectivity index (χ0n) is 14.2. The Kier molecular flexibility index (Phi) is 5.89.